The van der Waals surface area contributed by atoms with Crippen LogP contribution in [0, 0.1) is 17.8 Å². The number of nitrogens with zero attached hydrogens (tertiary/aromatic N) is 1. The molecule has 3 fully saturated rings. The summed E-state index contributed by atoms with van der Waals surface area (Å²) in [5.41, 5.74) is 0. The molecule has 21 heavy (non-hydrogen) atoms. The maximum atomic E-state index is 12.5. The van der Waals surface area contributed by atoms with Gasteiger partial charge in [0.25, 0.3) is 0 Å². The van der Waals surface area contributed by atoms with Crippen LogP contribution < -0.4 is 5.32 Å². The van der Waals surface area contributed by atoms with E-state index in [4.69, 9.17) is 0 Å². The molecule has 1 N–H and O–H groups in total. The number of fused-ring (bicyclic) bond motifs is 2. The normalized spacial score (nSPS) is 36.8. The molecule has 1 heterocycles. The standard InChI is InChI=1S/C15H26N2O3S/c1-2-21(19,20)17-7-3-4-13(10-17)15(18)16-14-9-11-5-6-12(14)8-11/h11-14H,2-10H2,1H3,(H,16,18)/t11-,12-,13-,14+/m0/s1. The zero-order valence-corrected chi connectivity index (χ0v) is 13.6. The van der Waals surface area contributed by atoms with Crippen molar-refractivity contribution in [1.82, 2.24) is 9.62 Å². The van der Waals surface area contributed by atoms with Gasteiger partial charge in [0.15, 0.2) is 0 Å². The third-order valence-corrected chi connectivity index (χ3v) is 7.43. The van der Waals surface area contributed by atoms with E-state index in [0.29, 0.717) is 25.0 Å². The molecule has 3 rings (SSSR count). The fraction of sp³-hybridized carbons (Fsp3) is 0.933. The van der Waals surface area contributed by atoms with Gasteiger partial charge >= 0.3 is 0 Å². The number of rotatable bonds is 4. The van der Waals surface area contributed by atoms with Crippen LogP contribution in [0.15, 0.2) is 0 Å². The van der Waals surface area contributed by atoms with Gasteiger partial charge in [-0.05, 0) is 50.9 Å². The molecule has 120 valence electrons. The van der Waals surface area contributed by atoms with Crippen LogP contribution in [0.3, 0.4) is 0 Å². The van der Waals surface area contributed by atoms with Crippen molar-refractivity contribution in [1.29, 1.82) is 0 Å². The van der Waals surface area contributed by atoms with Gasteiger partial charge in [0.2, 0.25) is 15.9 Å². The minimum absolute atomic E-state index is 0.0727. The van der Waals surface area contributed by atoms with Crippen molar-refractivity contribution in [2.75, 3.05) is 18.8 Å². The Balaban J connectivity index is 1.57. The number of hydrogen-bond donors (Lipinski definition) is 1. The quantitative estimate of drug-likeness (QED) is 0.852. The lowest BCUT2D eigenvalue weighted by Crippen LogP contribution is -2.48. The molecular weight excluding hydrogens is 288 g/mol. The number of piperidine rings is 1. The number of carbonyl (C=O) groups excluding carboxylic acids is 1. The molecule has 2 bridgehead atoms. The van der Waals surface area contributed by atoms with Crippen LogP contribution in [0.25, 0.3) is 0 Å². The van der Waals surface area contributed by atoms with Crippen molar-refractivity contribution in [3.63, 3.8) is 0 Å². The number of carbonyl (C=O) groups is 1. The minimum Gasteiger partial charge on any atom is -0.353 e. The number of sulfonamides is 1. The second kappa shape index (κ2) is 5.88. The van der Waals surface area contributed by atoms with E-state index in [0.717, 1.165) is 25.2 Å². The Bertz CT molecular complexity index is 505. The first-order valence-electron chi connectivity index (χ1n) is 8.27. The molecule has 0 unspecified atom stereocenters. The van der Waals surface area contributed by atoms with Gasteiger partial charge in [-0.3, -0.25) is 4.79 Å². The van der Waals surface area contributed by atoms with Crippen molar-refractivity contribution in [2.24, 2.45) is 17.8 Å². The first-order valence-corrected chi connectivity index (χ1v) is 9.88. The van der Waals surface area contributed by atoms with Crippen LogP contribution in [0.1, 0.15) is 45.4 Å². The highest BCUT2D eigenvalue weighted by atomic mass is 32.2. The molecular formula is C15H26N2O3S. The van der Waals surface area contributed by atoms with Crippen LogP contribution in [0.5, 0.6) is 0 Å². The number of nitrogens with one attached hydrogen (secondary N) is 1. The van der Waals surface area contributed by atoms with E-state index in [9.17, 15) is 13.2 Å². The number of hydrogen-bond acceptors (Lipinski definition) is 3. The maximum Gasteiger partial charge on any atom is 0.224 e. The Labute approximate surface area is 127 Å². The fourth-order valence-corrected chi connectivity index (χ4v) is 5.49. The molecule has 4 atom stereocenters. The van der Waals surface area contributed by atoms with Gasteiger partial charge in [-0.1, -0.05) is 6.42 Å². The largest absolute Gasteiger partial charge is 0.353 e. The van der Waals surface area contributed by atoms with Crippen LogP contribution in [0.4, 0.5) is 0 Å². The highest BCUT2D eigenvalue weighted by molar-refractivity contribution is 7.89. The fourth-order valence-electron chi connectivity index (χ4n) is 4.31. The topological polar surface area (TPSA) is 66.5 Å². The van der Waals surface area contributed by atoms with E-state index in [1.165, 1.54) is 23.6 Å². The third-order valence-electron chi connectivity index (χ3n) is 5.58. The van der Waals surface area contributed by atoms with Crippen LogP contribution in [-0.2, 0) is 14.8 Å². The Kier molecular flexibility index (Phi) is 4.28. The zero-order chi connectivity index (χ0) is 15.0. The summed E-state index contributed by atoms with van der Waals surface area (Å²) in [5, 5.41) is 3.21. The molecule has 2 saturated carbocycles. The molecule has 0 aromatic carbocycles. The summed E-state index contributed by atoms with van der Waals surface area (Å²) in [5.74, 6) is 1.50. The van der Waals surface area contributed by atoms with Crippen molar-refractivity contribution < 1.29 is 13.2 Å². The number of amides is 1. The molecule has 3 aliphatic rings. The summed E-state index contributed by atoms with van der Waals surface area (Å²) >= 11 is 0. The van der Waals surface area contributed by atoms with E-state index >= 15 is 0 Å². The Morgan fingerprint density at radius 3 is 2.67 bits per heavy atom. The lowest BCUT2D eigenvalue weighted by molar-refractivity contribution is -0.127. The van der Waals surface area contributed by atoms with Gasteiger partial charge in [-0.15, -0.1) is 0 Å². The van der Waals surface area contributed by atoms with Gasteiger partial charge in [0.05, 0.1) is 11.7 Å². The van der Waals surface area contributed by atoms with Crippen LogP contribution in [0.2, 0.25) is 0 Å². The van der Waals surface area contributed by atoms with Gasteiger partial charge in [0.1, 0.15) is 0 Å². The summed E-state index contributed by atoms with van der Waals surface area (Å²) in [7, 11) is -3.17. The Hall–Kier alpha value is -0.620. The van der Waals surface area contributed by atoms with E-state index < -0.39 is 10.0 Å². The highest BCUT2D eigenvalue weighted by Crippen LogP contribution is 2.44. The first-order chi connectivity index (χ1) is 9.99. The van der Waals surface area contributed by atoms with Crippen LogP contribution >= 0.6 is 0 Å². The van der Waals surface area contributed by atoms with Crippen molar-refractivity contribution in [3.8, 4) is 0 Å². The summed E-state index contributed by atoms with van der Waals surface area (Å²) in [6, 6.07) is 0.342. The predicted molar refractivity (Wildman–Crippen MR) is 81.1 cm³/mol. The van der Waals surface area contributed by atoms with E-state index in [2.05, 4.69) is 5.32 Å². The SMILES string of the molecule is CCS(=O)(=O)N1CCC[C@H](C(=O)N[C@@H]2C[C@H]3CC[C@H]2C3)C1. The van der Waals surface area contributed by atoms with E-state index in [-0.39, 0.29) is 17.6 Å². The third kappa shape index (κ3) is 3.11. The van der Waals surface area contributed by atoms with Crippen molar-refractivity contribution in [3.05, 3.63) is 0 Å². The van der Waals surface area contributed by atoms with Crippen molar-refractivity contribution in [2.45, 2.75) is 51.5 Å². The average molecular weight is 314 g/mol. The lowest BCUT2D eigenvalue weighted by atomic mass is 9.93. The second-order valence-corrected chi connectivity index (χ2v) is 9.15. The summed E-state index contributed by atoms with van der Waals surface area (Å²) < 4.78 is 25.4. The van der Waals surface area contributed by atoms with Gasteiger partial charge in [0, 0.05) is 19.1 Å². The Morgan fingerprint density at radius 2 is 2.05 bits per heavy atom. The molecule has 0 radical (unpaired) electrons. The lowest BCUT2D eigenvalue weighted by Gasteiger charge is -2.32. The molecule has 6 heteroatoms. The van der Waals surface area contributed by atoms with Crippen molar-refractivity contribution >= 4 is 15.9 Å². The molecule has 1 saturated heterocycles. The maximum absolute atomic E-state index is 12.5. The monoisotopic (exact) mass is 314 g/mol. The molecule has 1 amide bonds. The van der Waals surface area contributed by atoms with E-state index in [1.807, 2.05) is 0 Å². The van der Waals surface area contributed by atoms with Gasteiger partial charge in [-0.25, -0.2) is 12.7 Å². The first kappa shape index (κ1) is 15.3. The summed E-state index contributed by atoms with van der Waals surface area (Å²) in [6.45, 7) is 2.59. The average Bonchev–Trinajstić information content (AvgIpc) is 3.10. The molecule has 0 spiro atoms. The Morgan fingerprint density at radius 1 is 1.24 bits per heavy atom. The van der Waals surface area contributed by atoms with Gasteiger partial charge in [-0.2, -0.15) is 0 Å². The molecule has 1 aliphatic heterocycles. The predicted octanol–water partition coefficient (Wildman–Crippen LogP) is 1.35. The molecule has 0 aromatic heterocycles. The van der Waals surface area contributed by atoms with Gasteiger partial charge < -0.3 is 5.32 Å². The highest BCUT2D eigenvalue weighted by Gasteiger charge is 2.41. The smallest absolute Gasteiger partial charge is 0.224 e. The summed E-state index contributed by atoms with van der Waals surface area (Å²) in [4.78, 5) is 12.5. The summed E-state index contributed by atoms with van der Waals surface area (Å²) in [6.07, 6.45) is 6.56. The molecule has 5 nitrogen and oxygen atoms in total. The molecule has 2 aliphatic carbocycles. The zero-order valence-electron chi connectivity index (χ0n) is 12.8. The molecule has 0 aromatic rings. The van der Waals surface area contributed by atoms with E-state index in [1.54, 1.807) is 6.92 Å². The minimum atomic E-state index is -3.17. The second-order valence-electron chi connectivity index (χ2n) is 6.89. The van der Waals surface area contributed by atoms with Crippen LogP contribution in [-0.4, -0.2) is 43.5 Å².